The maximum atomic E-state index is 12.0. The maximum Gasteiger partial charge on any atom is 0.346 e. The van der Waals surface area contributed by atoms with Crippen LogP contribution < -0.4 is 16.6 Å². The van der Waals surface area contributed by atoms with Crippen LogP contribution in [0.2, 0.25) is 0 Å². The number of aryl methyl sites for hydroxylation is 2. The van der Waals surface area contributed by atoms with E-state index in [1.54, 1.807) is 43.3 Å². The molecule has 1 aliphatic heterocycles. The second-order valence-electron chi connectivity index (χ2n) is 11.6. The van der Waals surface area contributed by atoms with Crippen molar-refractivity contribution >= 4 is 45.9 Å². The minimum atomic E-state index is -0.585. The number of benzene rings is 4. The molecule has 6 aromatic rings. The van der Waals surface area contributed by atoms with E-state index < -0.39 is 11.3 Å². The van der Waals surface area contributed by atoms with Crippen LogP contribution >= 0.6 is 0 Å². The Hall–Kier alpha value is -5.99. The molecule has 0 bridgehead atoms. The van der Waals surface area contributed by atoms with Crippen molar-refractivity contribution < 1.29 is 23.2 Å². The molecule has 2 aromatic heterocycles. The Labute approximate surface area is 317 Å². The summed E-state index contributed by atoms with van der Waals surface area (Å²) >= 11 is 0. The molecule has 0 spiro atoms. The van der Waals surface area contributed by atoms with E-state index in [2.05, 4.69) is 5.32 Å². The van der Waals surface area contributed by atoms with Crippen LogP contribution in [0.1, 0.15) is 95.2 Å². The van der Waals surface area contributed by atoms with Gasteiger partial charge in [-0.1, -0.05) is 113 Å². The molecule has 8 nitrogen and oxygen atoms in total. The molecule has 282 valence electrons. The van der Waals surface area contributed by atoms with E-state index in [1.807, 2.05) is 108 Å². The third kappa shape index (κ3) is 14.6. The van der Waals surface area contributed by atoms with Crippen molar-refractivity contribution in [2.75, 3.05) is 13.1 Å². The first-order chi connectivity index (χ1) is 26.1. The second kappa shape index (κ2) is 24.3. The molecule has 0 saturated carbocycles. The van der Waals surface area contributed by atoms with Crippen molar-refractivity contribution in [3.63, 3.8) is 0 Å². The molecular weight excluding hydrogens is 679 g/mol. The van der Waals surface area contributed by atoms with Gasteiger partial charge in [0.1, 0.15) is 16.7 Å². The van der Waals surface area contributed by atoms with Gasteiger partial charge in [-0.05, 0) is 94.2 Å². The van der Waals surface area contributed by atoms with Gasteiger partial charge >= 0.3 is 11.3 Å². The first-order valence-electron chi connectivity index (χ1n) is 18.2. The maximum absolute atomic E-state index is 12.0. The van der Waals surface area contributed by atoms with E-state index in [-0.39, 0.29) is 17.1 Å². The van der Waals surface area contributed by atoms with Crippen molar-refractivity contribution in [2.24, 2.45) is 0 Å². The minimum absolute atomic E-state index is 0.0568. The molecule has 7 rings (SSSR count). The SMILES string of the molecule is C1CCNC1.CC.CC.CC(=O)c1ccccc1.Cc1ccc2cc(/C=C/C(=O)c3ccccc3)c(=O)oc2c1.Cc1ccc2cc(C=O)c(=O)oc2c1. The third-order valence-corrected chi connectivity index (χ3v) is 7.57. The summed E-state index contributed by atoms with van der Waals surface area (Å²) < 4.78 is 10.3. The fourth-order valence-corrected chi connectivity index (χ4v) is 4.83. The highest BCUT2D eigenvalue weighted by molar-refractivity contribution is 6.06. The molecule has 0 unspecified atom stereocenters. The zero-order valence-electron chi connectivity index (χ0n) is 32.3. The average Bonchev–Trinajstić information content (AvgIpc) is 3.80. The van der Waals surface area contributed by atoms with Gasteiger partial charge in [-0.25, -0.2) is 9.59 Å². The van der Waals surface area contributed by atoms with Crippen LogP contribution in [0.25, 0.3) is 28.0 Å². The Morgan fingerprint density at radius 3 is 1.46 bits per heavy atom. The number of Topliss-reactive ketones (excluding diaryl/α,β-unsaturated/α-hetero) is 1. The normalized spacial score (nSPS) is 11.2. The van der Waals surface area contributed by atoms with E-state index in [9.17, 15) is 24.0 Å². The number of rotatable bonds is 5. The monoisotopic (exact) mass is 729 g/mol. The molecule has 1 N–H and O–H groups in total. The van der Waals surface area contributed by atoms with E-state index in [0.29, 0.717) is 28.6 Å². The lowest BCUT2D eigenvalue weighted by Crippen LogP contribution is -2.05. The van der Waals surface area contributed by atoms with Gasteiger partial charge in [0.05, 0.1) is 5.56 Å². The molecule has 1 saturated heterocycles. The molecule has 0 radical (unpaired) electrons. The molecule has 8 heteroatoms. The Kier molecular flexibility index (Phi) is 19.9. The number of allylic oxidation sites excluding steroid dienone is 1. The zero-order valence-corrected chi connectivity index (χ0v) is 32.3. The van der Waals surface area contributed by atoms with Gasteiger partial charge in [0, 0.05) is 21.9 Å². The van der Waals surface area contributed by atoms with Crippen LogP contribution in [0.4, 0.5) is 0 Å². The lowest BCUT2D eigenvalue weighted by molar-refractivity contribution is 0.101. The fourth-order valence-electron chi connectivity index (χ4n) is 4.83. The smallest absolute Gasteiger partial charge is 0.346 e. The molecule has 54 heavy (non-hydrogen) atoms. The van der Waals surface area contributed by atoms with Crippen LogP contribution in [-0.4, -0.2) is 30.9 Å². The highest BCUT2D eigenvalue weighted by atomic mass is 16.4. The van der Waals surface area contributed by atoms with Crippen molar-refractivity contribution in [3.8, 4) is 0 Å². The minimum Gasteiger partial charge on any atom is -0.422 e. The topological polar surface area (TPSA) is 124 Å². The van der Waals surface area contributed by atoms with Gasteiger partial charge in [-0.15, -0.1) is 0 Å². The van der Waals surface area contributed by atoms with Crippen LogP contribution in [0, 0.1) is 13.8 Å². The van der Waals surface area contributed by atoms with Crippen LogP contribution in [0.3, 0.4) is 0 Å². The van der Waals surface area contributed by atoms with E-state index >= 15 is 0 Å². The summed E-state index contributed by atoms with van der Waals surface area (Å²) in [5.41, 5.74) is 3.85. The second-order valence-corrected chi connectivity index (χ2v) is 11.6. The molecule has 1 fully saturated rings. The summed E-state index contributed by atoms with van der Waals surface area (Å²) in [7, 11) is 0. The molecule has 1 aliphatic rings. The largest absolute Gasteiger partial charge is 0.422 e. The van der Waals surface area contributed by atoms with Crippen LogP contribution in [-0.2, 0) is 0 Å². The zero-order chi connectivity index (χ0) is 39.9. The predicted molar refractivity (Wildman–Crippen MR) is 221 cm³/mol. The summed E-state index contributed by atoms with van der Waals surface area (Å²) in [6, 6.07) is 32.6. The molecule has 3 heterocycles. The number of hydrogen-bond acceptors (Lipinski definition) is 8. The summed E-state index contributed by atoms with van der Waals surface area (Å²) in [4.78, 5) is 56.3. The number of carbonyl (C=O) groups is 3. The van der Waals surface area contributed by atoms with Crippen LogP contribution in [0.5, 0.6) is 0 Å². The van der Waals surface area contributed by atoms with E-state index in [1.165, 1.54) is 44.1 Å². The Balaban J connectivity index is 0.000000269. The first kappa shape index (κ1) is 44.2. The molecule has 0 aliphatic carbocycles. The van der Waals surface area contributed by atoms with Gasteiger partial charge in [0.25, 0.3) is 0 Å². The van der Waals surface area contributed by atoms with Gasteiger partial charge in [-0.3, -0.25) is 14.4 Å². The number of ketones is 2. The molecular formula is C46H51NO7. The average molecular weight is 730 g/mol. The summed E-state index contributed by atoms with van der Waals surface area (Å²) in [5.74, 6) is -0.0281. The molecule has 4 aromatic carbocycles. The fraction of sp³-hybridized carbons (Fsp3) is 0.239. The van der Waals surface area contributed by atoms with Crippen molar-refractivity contribution in [3.05, 3.63) is 169 Å². The number of fused-ring (bicyclic) bond motifs is 2. The third-order valence-electron chi connectivity index (χ3n) is 7.57. The van der Waals surface area contributed by atoms with Gasteiger partial charge in [0.2, 0.25) is 0 Å². The Morgan fingerprint density at radius 2 is 1.06 bits per heavy atom. The van der Waals surface area contributed by atoms with E-state index in [4.69, 9.17) is 8.83 Å². The van der Waals surface area contributed by atoms with Gasteiger partial charge in [-0.2, -0.15) is 0 Å². The number of nitrogens with one attached hydrogen (secondary N) is 1. The highest BCUT2D eigenvalue weighted by Gasteiger charge is 2.06. The number of aldehydes is 1. The first-order valence-corrected chi connectivity index (χ1v) is 18.2. The van der Waals surface area contributed by atoms with Gasteiger partial charge < -0.3 is 14.2 Å². The Morgan fingerprint density at radius 1 is 0.611 bits per heavy atom. The number of carbonyl (C=O) groups excluding carboxylic acids is 3. The van der Waals surface area contributed by atoms with Crippen molar-refractivity contribution in [2.45, 2.75) is 61.3 Å². The summed E-state index contributed by atoms with van der Waals surface area (Å²) in [6.07, 6.45) is 6.17. The standard InChI is InChI=1S/C19H14O3.C11H8O3.C8H8O.C4H9N.2C2H6/c1-13-7-8-15-12-16(19(21)22-18(15)11-13)9-10-17(20)14-5-3-2-4-6-14;1-7-2-3-8-5-9(6-12)11(13)14-10(8)4-7;1-7(9)8-5-3-2-4-6-8;1-2-4-5-3-1;2*1-2/h2-12H,1H3;2-6H,1H3;2-6H,1H3;5H,1-4H2;2*1-2H3/b10-9+;;;;;. The van der Waals surface area contributed by atoms with Crippen molar-refractivity contribution in [1.82, 2.24) is 5.32 Å². The molecule has 0 amide bonds. The quantitative estimate of drug-likeness (QED) is 0.0805. The van der Waals surface area contributed by atoms with Crippen LogP contribution in [0.15, 0.2) is 134 Å². The lowest BCUT2D eigenvalue weighted by atomic mass is 10.1. The highest BCUT2D eigenvalue weighted by Crippen LogP contribution is 2.16. The lowest BCUT2D eigenvalue weighted by Gasteiger charge is -1.99. The summed E-state index contributed by atoms with van der Waals surface area (Å²) in [5, 5.41) is 4.81. The van der Waals surface area contributed by atoms with Gasteiger partial charge in [0.15, 0.2) is 17.9 Å². The van der Waals surface area contributed by atoms with E-state index in [0.717, 1.165) is 27.5 Å². The molecule has 0 atom stereocenters. The summed E-state index contributed by atoms with van der Waals surface area (Å²) in [6.45, 7) is 15.9. The Bertz CT molecular complexity index is 2200. The predicted octanol–water partition coefficient (Wildman–Crippen LogP) is 10.2. The number of hydrogen-bond donors (Lipinski definition) is 1. The van der Waals surface area contributed by atoms with Crippen molar-refractivity contribution in [1.29, 1.82) is 0 Å².